The van der Waals surface area contributed by atoms with Crippen molar-refractivity contribution >= 4 is 22.1 Å². The number of pyridine rings is 1. The number of aromatic nitrogens is 3. The third-order valence-corrected chi connectivity index (χ3v) is 5.29. The van der Waals surface area contributed by atoms with E-state index in [0.717, 1.165) is 27.0 Å². The normalized spacial score (nSPS) is 10.9. The van der Waals surface area contributed by atoms with Crippen LogP contribution in [0.15, 0.2) is 76.7 Å². The Morgan fingerprint density at radius 3 is 2.54 bits per heavy atom. The number of carbonyl (C=O) groups excluding carboxylic acids is 1. The highest BCUT2D eigenvalue weighted by Crippen LogP contribution is 2.15. The molecule has 0 aliphatic rings. The smallest absolute Gasteiger partial charge is 0.336 e. The average molecular weight is 392 g/mol. The van der Waals surface area contributed by atoms with E-state index in [0.29, 0.717) is 16.3 Å². The monoisotopic (exact) mass is 392 g/mol. The lowest BCUT2D eigenvalue weighted by atomic mass is 10.2. The fourth-order valence-corrected chi connectivity index (χ4v) is 3.75. The molecule has 0 aliphatic carbocycles. The lowest BCUT2D eigenvalue weighted by molar-refractivity contribution is 0.0954. The Kier molecular flexibility index (Phi) is 4.86. The number of hydrogen-bond donors (Lipinski definition) is 1. The Hall–Kier alpha value is -3.52. The highest BCUT2D eigenvalue weighted by molar-refractivity contribution is 7.19. The summed E-state index contributed by atoms with van der Waals surface area (Å²) in [5.74, 6) is -0.299. The van der Waals surface area contributed by atoms with E-state index in [9.17, 15) is 14.4 Å². The molecule has 3 heterocycles. The van der Waals surface area contributed by atoms with Gasteiger partial charge < -0.3 is 5.32 Å². The Morgan fingerprint density at radius 2 is 1.79 bits per heavy atom. The fraction of sp³-hybridized carbons (Fsp3) is 0.100. The lowest BCUT2D eigenvalue weighted by Gasteiger charge is -2.05. The maximum absolute atomic E-state index is 12.8. The van der Waals surface area contributed by atoms with E-state index >= 15 is 0 Å². The standard InChI is InChI=1S/C20H16N4O3S/c25-17-10-18-24(20(27)23(17)12-15-4-2-1-3-5-15)13-16(28-18)19(26)22-11-14-6-8-21-9-7-14/h1-10,13H,11-12H2,(H,22,26). The van der Waals surface area contributed by atoms with Crippen LogP contribution in [0.4, 0.5) is 0 Å². The summed E-state index contributed by atoms with van der Waals surface area (Å²) < 4.78 is 2.50. The molecule has 0 radical (unpaired) electrons. The molecule has 1 amide bonds. The Balaban J connectivity index is 1.62. The van der Waals surface area contributed by atoms with Crippen molar-refractivity contribution in [3.05, 3.63) is 104 Å². The van der Waals surface area contributed by atoms with Crippen LogP contribution < -0.4 is 16.6 Å². The van der Waals surface area contributed by atoms with Crippen LogP contribution in [0.25, 0.3) is 4.83 Å². The average Bonchev–Trinajstić information content (AvgIpc) is 3.15. The van der Waals surface area contributed by atoms with Crippen molar-refractivity contribution < 1.29 is 4.79 Å². The number of carbonyl (C=O) groups is 1. The summed E-state index contributed by atoms with van der Waals surface area (Å²) in [7, 11) is 0. The zero-order valence-electron chi connectivity index (χ0n) is 14.7. The molecule has 7 nitrogen and oxygen atoms in total. The third-order valence-electron chi connectivity index (χ3n) is 4.26. The first kappa shape index (κ1) is 17.9. The van der Waals surface area contributed by atoms with E-state index in [1.165, 1.54) is 16.7 Å². The number of thiazole rings is 1. The van der Waals surface area contributed by atoms with Gasteiger partial charge in [0.1, 0.15) is 9.71 Å². The summed E-state index contributed by atoms with van der Waals surface area (Å²) in [6, 6.07) is 14.3. The Labute approximate surface area is 163 Å². The minimum absolute atomic E-state index is 0.181. The van der Waals surface area contributed by atoms with Crippen LogP contribution in [0.3, 0.4) is 0 Å². The third kappa shape index (κ3) is 3.63. The van der Waals surface area contributed by atoms with E-state index < -0.39 is 5.69 Å². The van der Waals surface area contributed by atoms with Crippen molar-refractivity contribution in [3.8, 4) is 0 Å². The molecule has 4 aromatic rings. The molecular weight excluding hydrogens is 376 g/mol. The molecule has 0 spiro atoms. The molecule has 140 valence electrons. The van der Waals surface area contributed by atoms with Crippen LogP contribution in [0, 0.1) is 0 Å². The first-order valence-corrected chi connectivity index (χ1v) is 9.40. The van der Waals surface area contributed by atoms with Crippen molar-refractivity contribution in [2.75, 3.05) is 0 Å². The van der Waals surface area contributed by atoms with E-state index in [1.807, 2.05) is 42.5 Å². The van der Waals surface area contributed by atoms with Gasteiger partial charge in [-0.05, 0) is 23.3 Å². The molecule has 8 heteroatoms. The topological polar surface area (TPSA) is 85.5 Å². The highest BCUT2D eigenvalue weighted by atomic mass is 32.1. The molecule has 1 aromatic carbocycles. The van der Waals surface area contributed by atoms with E-state index in [2.05, 4.69) is 10.3 Å². The molecule has 0 saturated heterocycles. The predicted molar refractivity (Wildman–Crippen MR) is 107 cm³/mol. The van der Waals surface area contributed by atoms with E-state index in [-0.39, 0.29) is 18.0 Å². The number of rotatable bonds is 5. The van der Waals surface area contributed by atoms with Crippen LogP contribution in [-0.4, -0.2) is 19.9 Å². The van der Waals surface area contributed by atoms with Crippen LogP contribution in [0.5, 0.6) is 0 Å². The van der Waals surface area contributed by atoms with Crippen molar-refractivity contribution in [1.82, 2.24) is 19.3 Å². The number of nitrogens with zero attached hydrogens (tertiary/aromatic N) is 3. The van der Waals surface area contributed by atoms with Gasteiger partial charge in [0, 0.05) is 31.2 Å². The van der Waals surface area contributed by atoms with Gasteiger partial charge in [0.2, 0.25) is 0 Å². The van der Waals surface area contributed by atoms with Crippen molar-refractivity contribution in [3.63, 3.8) is 0 Å². The van der Waals surface area contributed by atoms with Gasteiger partial charge in [0.15, 0.2) is 0 Å². The maximum Gasteiger partial charge on any atom is 0.336 e. The number of amides is 1. The molecule has 0 unspecified atom stereocenters. The molecular formula is C20H16N4O3S. The zero-order valence-corrected chi connectivity index (χ0v) is 15.6. The zero-order chi connectivity index (χ0) is 19.5. The van der Waals surface area contributed by atoms with Gasteiger partial charge in [-0.3, -0.25) is 23.5 Å². The van der Waals surface area contributed by atoms with Gasteiger partial charge in [-0.1, -0.05) is 30.3 Å². The summed E-state index contributed by atoms with van der Waals surface area (Å²) in [4.78, 5) is 42.3. The maximum atomic E-state index is 12.8. The number of fused-ring (bicyclic) bond motifs is 1. The molecule has 0 atom stereocenters. The molecule has 0 fully saturated rings. The molecule has 0 bridgehead atoms. The summed E-state index contributed by atoms with van der Waals surface area (Å²) >= 11 is 1.11. The summed E-state index contributed by atoms with van der Waals surface area (Å²) in [6.45, 7) is 0.534. The first-order valence-electron chi connectivity index (χ1n) is 8.59. The minimum atomic E-state index is -0.462. The van der Waals surface area contributed by atoms with Gasteiger partial charge >= 0.3 is 5.69 Å². The molecule has 4 rings (SSSR count). The number of nitrogens with one attached hydrogen (secondary N) is 1. The van der Waals surface area contributed by atoms with Gasteiger partial charge in [-0.25, -0.2) is 4.79 Å². The molecule has 1 N–H and O–H groups in total. The van der Waals surface area contributed by atoms with Crippen LogP contribution in [0.2, 0.25) is 0 Å². The second-order valence-electron chi connectivity index (χ2n) is 6.18. The van der Waals surface area contributed by atoms with Crippen molar-refractivity contribution in [2.24, 2.45) is 0 Å². The van der Waals surface area contributed by atoms with E-state index in [1.54, 1.807) is 12.4 Å². The minimum Gasteiger partial charge on any atom is -0.347 e. The molecule has 28 heavy (non-hydrogen) atoms. The summed E-state index contributed by atoms with van der Waals surface area (Å²) in [5.41, 5.74) is 0.923. The number of hydrogen-bond acceptors (Lipinski definition) is 5. The Bertz CT molecular complexity index is 1240. The van der Waals surface area contributed by atoms with Crippen LogP contribution in [0.1, 0.15) is 20.8 Å². The molecule has 0 saturated carbocycles. The van der Waals surface area contributed by atoms with Crippen molar-refractivity contribution in [2.45, 2.75) is 13.1 Å². The number of benzene rings is 1. The van der Waals surface area contributed by atoms with E-state index in [4.69, 9.17) is 0 Å². The van der Waals surface area contributed by atoms with Gasteiger partial charge in [0.05, 0.1) is 6.54 Å². The van der Waals surface area contributed by atoms with Gasteiger partial charge in [0.25, 0.3) is 11.5 Å². The second kappa shape index (κ2) is 7.61. The lowest BCUT2D eigenvalue weighted by Crippen LogP contribution is -2.36. The van der Waals surface area contributed by atoms with Crippen molar-refractivity contribution in [1.29, 1.82) is 0 Å². The van der Waals surface area contributed by atoms with Crippen LogP contribution >= 0.6 is 11.3 Å². The quantitative estimate of drug-likeness (QED) is 0.562. The summed E-state index contributed by atoms with van der Waals surface area (Å²) in [5, 5.41) is 2.81. The SMILES string of the molecule is O=C(NCc1ccncc1)c1cn2c(=O)n(Cc3ccccc3)c(=O)cc2s1. The Morgan fingerprint density at radius 1 is 1.04 bits per heavy atom. The van der Waals surface area contributed by atoms with Gasteiger partial charge in [-0.15, -0.1) is 11.3 Å². The largest absolute Gasteiger partial charge is 0.347 e. The fourth-order valence-electron chi connectivity index (χ4n) is 2.81. The second-order valence-corrected chi connectivity index (χ2v) is 7.24. The van der Waals surface area contributed by atoms with Gasteiger partial charge in [-0.2, -0.15) is 0 Å². The predicted octanol–water partition coefficient (Wildman–Crippen LogP) is 1.90. The van der Waals surface area contributed by atoms with Crippen LogP contribution in [-0.2, 0) is 13.1 Å². The summed E-state index contributed by atoms with van der Waals surface area (Å²) in [6.07, 6.45) is 4.79. The molecule has 0 aliphatic heterocycles. The highest BCUT2D eigenvalue weighted by Gasteiger charge is 2.14. The first-order chi connectivity index (χ1) is 13.6. The molecule has 3 aromatic heterocycles.